The molecule has 0 aliphatic heterocycles. The largest absolute Gasteiger partial charge is 0.494 e. The van der Waals surface area contributed by atoms with Crippen LogP contribution in [0.5, 0.6) is 5.75 Å². The molecule has 24 heavy (non-hydrogen) atoms. The van der Waals surface area contributed by atoms with E-state index in [2.05, 4.69) is 9.97 Å². The highest BCUT2D eigenvalue weighted by molar-refractivity contribution is 5.99. The Morgan fingerprint density at radius 3 is 2.67 bits per heavy atom. The number of nitrogens with zero attached hydrogens (tertiary/aromatic N) is 2. The molecule has 0 amide bonds. The average Bonchev–Trinajstić information content (AvgIpc) is 2.54. The minimum Gasteiger partial charge on any atom is -0.494 e. The zero-order valence-electron chi connectivity index (χ0n) is 13.4. The second-order valence-corrected chi connectivity index (χ2v) is 5.25. The van der Waals surface area contributed by atoms with Gasteiger partial charge in [0, 0.05) is 5.39 Å². The molecule has 0 radical (unpaired) electrons. The van der Waals surface area contributed by atoms with Crippen molar-refractivity contribution < 1.29 is 4.74 Å². The van der Waals surface area contributed by atoms with Crippen LogP contribution in [-0.2, 0) is 0 Å². The highest BCUT2D eigenvalue weighted by Gasteiger charge is 2.11. The fraction of sp³-hybridized carbons (Fsp3) is 0.111. The lowest BCUT2D eigenvalue weighted by Gasteiger charge is -2.11. The van der Waals surface area contributed by atoms with Crippen LogP contribution in [0.2, 0.25) is 0 Å². The lowest BCUT2D eigenvalue weighted by Crippen LogP contribution is -2.02. The normalized spacial score (nSPS) is 11.2. The molecule has 0 aliphatic rings. The number of benzene rings is 2. The van der Waals surface area contributed by atoms with E-state index in [1.165, 1.54) is 6.20 Å². The molecule has 3 aromatic rings. The molecule has 6 nitrogen and oxygen atoms in total. The number of nitrogens with two attached hydrogens (primary N) is 3. The SMILES string of the molecule is CCOc1cccc(-c2cc(/C=C\N)c3c(N)nc(N)nc3c2)c1. The first-order chi connectivity index (χ1) is 11.6. The second-order valence-electron chi connectivity index (χ2n) is 5.25. The first-order valence-corrected chi connectivity index (χ1v) is 7.60. The van der Waals surface area contributed by atoms with Gasteiger partial charge in [-0.2, -0.15) is 4.98 Å². The van der Waals surface area contributed by atoms with Crippen LogP contribution in [0.4, 0.5) is 11.8 Å². The predicted octanol–water partition coefficient (Wildman–Crippen LogP) is 2.79. The van der Waals surface area contributed by atoms with Gasteiger partial charge in [0.2, 0.25) is 5.95 Å². The topological polar surface area (TPSA) is 113 Å². The molecule has 0 spiro atoms. The molecule has 3 rings (SSSR count). The molecule has 2 aromatic carbocycles. The van der Waals surface area contributed by atoms with E-state index in [-0.39, 0.29) is 5.95 Å². The van der Waals surface area contributed by atoms with Crippen molar-refractivity contribution in [1.82, 2.24) is 9.97 Å². The molecule has 6 N–H and O–H groups in total. The van der Waals surface area contributed by atoms with Crippen molar-refractivity contribution in [2.24, 2.45) is 5.73 Å². The summed E-state index contributed by atoms with van der Waals surface area (Å²) >= 11 is 0. The maximum Gasteiger partial charge on any atom is 0.222 e. The molecular weight excluding hydrogens is 302 g/mol. The lowest BCUT2D eigenvalue weighted by atomic mass is 9.99. The van der Waals surface area contributed by atoms with Gasteiger partial charge in [-0.25, -0.2) is 4.98 Å². The van der Waals surface area contributed by atoms with Gasteiger partial charge in [-0.15, -0.1) is 0 Å². The summed E-state index contributed by atoms with van der Waals surface area (Å²) in [7, 11) is 0. The van der Waals surface area contributed by atoms with Crippen molar-refractivity contribution in [3.05, 3.63) is 48.2 Å². The summed E-state index contributed by atoms with van der Waals surface area (Å²) in [6.07, 6.45) is 3.24. The molecule has 0 bridgehead atoms. The van der Waals surface area contributed by atoms with E-state index >= 15 is 0 Å². The first-order valence-electron chi connectivity index (χ1n) is 7.60. The molecule has 0 saturated heterocycles. The van der Waals surface area contributed by atoms with Crippen LogP contribution >= 0.6 is 0 Å². The molecule has 0 unspecified atom stereocenters. The molecule has 0 atom stereocenters. The number of anilines is 2. The fourth-order valence-corrected chi connectivity index (χ4v) is 2.68. The van der Waals surface area contributed by atoms with Crippen LogP contribution in [0.3, 0.4) is 0 Å². The van der Waals surface area contributed by atoms with E-state index in [9.17, 15) is 0 Å². The Hall–Kier alpha value is -3.28. The van der Waals surface area contributed by atoms with Crippen LogP contribution in [0.1, 0.15) is 12.5 Å². The summed E-state index contributed by atoms with van der Waals surface area (Å²) in [5, 5.41) is 0.732. The highest BCUT2D eigenvalue weighted by atomic mass is 16.5. The standard InChI is InChI=1S/C18H19N5O/c1-2-24-14-5-3-4-11(9-14)13-8-12(6-7-19)16-15(10-13)22-18(21)23-17(16)20/h3-10H,2,19H2,1H3,(H4,20,21,22,23)/b7-6-. The van der Waals surface area contributed by atoms with Crippen molar-refractivity contribution in [2.75, 3.05) is 18.1 Å². The van der Waals surface area contributed by atoms with Crippen molar-refractivity contribution >= 4 is 28.7 Å². The van der Waals surface area contributed by atoms with E-state index < -0.39 is 0 Å². The van der Waals surface area contributed by atoms with E-state index in [0.29, 0.717) is 17.9 Å². The quantitative estimate of drug-likeness (QED) is 0.681. The Morgan fingerprint density at radius 1 is 1.08 bits per heavy atom. The number of hydrogen-bond acceptors (Lipinski definition) is 6. The minimum atomic E-state index is 0.142. The second kappa shape index (κ2) is 6.45. The first kappa shape index (κ1) is 15.6. The summed E-state index contributed by atoms with van der Waals surface area (Å²) in [5.74, 6) is 1.29. The Labute approximate surface area is 140 Å². The number of aromatic nitrogens is 2. The van der Waals surface area contributed by atoms with Crippen molar-refractivity contribution in [3.8, 4) is 16.9 Å². The maximum atomic E-state index is 6.01. The van der Waals surface area contributed by atoms with E-state index in [0.717, 1.165) is 27.8 Å². The van der Waals surface area contributed by atoms with Gasteiger partial charge in [-0.05, 0) is 60.2 Å². The zero-order valence-corrected chi connectivity index (χ0v) is 13.4. The van der Waals surface area contributed by atoms with Gasteiger partial charge in [-0.1, -0.05) is 12.1 Å². The molecular formula is C18H19N5O. The Bertz CT molecular complexity index is 921. The Kier molecular flexibility index (Phi) is 4.20. The van der Waals surface area contributed by atoms with Crippen LogP contribution in [0.25, 0.3) is 28.1 Å². The summed E-state index contributed by atoms with van der Waals surface area (Å²) in [6, 6.07) is 11.8. The van der Waals surface area contributed by atoms with Crippen LogP contribution < -0.4 is 21.9 Å². The van der Waals surface area contributed by atoms with Gasteiger partial charge in [-0.3, -0.25) is 0 Å². The summed E-state index contributed by atoms with van der Waals surface area (Å²) in [6.45, 7) is 2.57. The molecule has 6 heteroatoms. The number of ether oxygens (including phenoxy) is 1. The minimum absolute atomic E-state index is 0.142. The molecule has 1 heterocycles. The summed E-state index contributed by atoms with van der Waals surface area (Å²) in [4.78, 5) is 8.34. The van der Waals surface area contributed by atoms with E-state index in [4.69, 9.17) is 21.9 Å². The van der Waals surface area contributed by atoms with Crippen LogP contribution in [0.15, 0.2) is 42.6 Å². The predicted molar refractivity (Wildman–Crippen MR) is 98.2 cm³/mol. The number of rotatable bonds is 4. The number of nitrogen functional groups attached to an aromatic ring is 2. The smallest absolute Gasteiger partial charge is 0.222 e. The van der Waals surface area contributed by atoms with E-state index in [1.54, 1.807) is 6.08 Å². The Balaban J connectivity index is 2.24. The molecule has 0 saturated carbocycles. The molecule has 0 fully saturated rings. The third-order valence-corrected chi connectivity index (χ3v) is 3.63. The van der Waals surface area contributed by atoms with Gasteiger partial charge >= 0.3 is 0 Å². The fourth-order valence-electron chi connectivity index (χ4n) is 2.68. The zero-order chi connectivity index (χ0) is 17.1. The van der Waals surface area contributed by atoms with Gasteiger partial charge in [0.05, 0.1) is 12.1 Å². The van der Waals surface area contributed by atoms with Crippen LogP contribution in [-0.4, -0.2) is 16.6 Å². The van der Waals surface area contributed by atoms with Crippen molar-refractivity contribution in [2.45, 2.75) is 6.92 Å². The van der Waals surface area contributed by atoms with E-state index in [1.807, 2.05) is 43.3 Å². The number of hydrogen-bond donors (Lipinski definition) is 3. The van der Waals surface area contributed by atoms with Gasteiger partial charge in [0.25, 0.3) is 0 Å². The monoisotopic (exact) mass is 321 g/mol. The van der Waals surface area contributed by atoms with Crippen LogP contribution in [0, 0.1) is 0 Å². The summed E-state index contributed by atoms with van der Waals surface area (Å²) < 4.78 is 5.57. The van der Waals surface area contributed by atoms with Gasteiger partial charge in [0.15, 0.2) is 0 Å². The summed E-state index contributed by atoms with van der Waals surface area (Å²) in [5.41, 5.74) is 20.8. The Morgan fingerprint density at radius 2 is 1.92 bits per heavy atom. The number of fused-ring (bicyclic) bond motifs is 1. The lowest BCUT2D eigenvalue weighted by molar-refractivity contribution is 0.340. The third kappa shape index (κ3) is 2.94. The van der Waals surface area contributed by atoms with Crippen molar-refractivity contribution in [3.63, 3.8) is 0 Å². The van der Waals surface area contributed by atoms with Crippen molar-refractivity contribution in [1.29, 1.82) is 0 Å². The average molecular weight is 321 g/mol. The van der Waals surface area contributed by atoms with Gasteiger partial charge in [0.1, 0.15) is 11.6 Å². The molecule has 0 aliphatic carbocycles. The van der Waals surface area contributed by atoms with Gasteiger partial charge < -0.3 is 21.9 Å². The molecule has 122 valence electrons. The highest BCUT2D eigenvalue weighted by Crippen LogP contribution is 2.32. The maximum absolute atomic E-state index is 6.01. The molecule has 1 aromatic heterocycles. The third-order valence-electron chi connectivity index (χ3n) is 3.63.